The van der Waals surface area contributed by atoms with E-state index in [1.165, 1.54) is 7.11 Å². The zero-order chi connectivity index (χ0) is 11.3. The number of methoxy groups -OCH3 is 1. The van der Waals surface area contributed by atoms with E-state index in [0.29, 0.717) is 0 Å². The van der Waals surface area contributed by atoms with Crippen LogP contribution in [0.25, 0.3) is 0 Å². The van der Waals surface area contributed by atoms with Gasteiger partial charge in [0.1, 0.15) is 6.54 Å². The molecule has 4 nitrogen and oxygen atoms in total. The second-order valence-corrected chi connectivity index (χ2v) is 4.11. The summed E-state index contributed by atoms with van der Waals surface area (Å²) in [6.07, 6.45) is 0.982. The maximum atomic E-state index is 11.2. The van der Waals surface area contributed by atoms with Crippen LogP contribution in [0.4, 0.5) is 5.13 Å². The van der Waals surface area contributed by atoms with Crippen molar-refractivity contribution in [1.29, 1.82) is 0 Å². The third kappa shape index (κ3) is 3.51. The smallest absolute Gasteiger partial charge is 0.325 e. The Morgan fingerprint density at radius 1 is 1.67 bits per heavy atom. The SMILES string of the molecule is CCCN(CC(=O)OC)c1nc(C)cs1. The van der Waals surface area contributed by atoms with Gasteiger partial charge in [0.25, 0.3) is 0 Å². The van der Waals surface area contributed by atoms with E-state index in [4.69, 9.17) is 0 Å². The summed E-state index contributed by atoms with van der Waals surface area (Å²) >= 11 is 1.56. The molecule has 0 saturated carbocycles. The summed E-state index contributed by atoms with van der Waals surface area (Å²) in [5.74, 6) is -0.226. The van der Waals surface area contributed by atoms with E-state index in [0.717, 1.165) is 23.8 Å². The lowest BCUT2D eigenvalue weighted by molar-refractivity contribution is -0.138. The number of carbonyl (C=O) groups is 1. The highest BCUT2D eigenvalue weighted by molar-refractivity contribution is 7.13. The molecule has 1 rings (SSSR count). The van der Waals surface area contributed by atoms with Crippen LogP contribution >= 0.6 is 11.3 Å². The van der Waals surface area contributed by atoms with Crippen LogP contribution in [0, 0.1) is 6.92 Å². The van der Waals surface area contributed by atoms with Crippen molar-refractivity contribution in [3.63, 3.8) is 0 Å². The average molecular weight is 228 g/mol. The van der Waals surface area contributed by atoms with Gasteiger partial charge in [0.05, 0.1) is 12.8 Å². The van der Waals surface area contributed by atoms with E-state index in [2.05, 4.69) is 16.6 Å². The number of hydrogen-bond donors (Lipinski definition) is 0. The van der Waals surface area contributed by atoms with Crippen molar-refractivity contribution in [2.75, 3.05) is 25.1 Å². The predicted octanol–water partition coefficient (Wildman–Crippen LogP) is 1.84. The van der Waals surface area contributed by atoms with Crippen molar-refractivity contribution >= 4 is 22.4 Å². The number of nitrogens with zero attached hydrogens (tertiary/aromatic N) is 2. The van der Waals surface area contributed by atoms with Gasteiger partial charge in [-0.25, -0.2) is 4.98 Å². The molecule has 0 radical (unpaired) electrons. The van der Waals surface area contributed by atoms with Crippen LogP contribution in [-0.2, 0) is 9.53 Å². The van der Waals surface area contributed by atoms with Gasteiger partial charge in [-0.2, -0.15) is 0 Å². The van der Waals surface area contributed by atoms with Gasteiger partial charge >= 0.3 is 5.97 Å². The first-order valence-electron chi connectivity index (χ1n) is 4.91. The van der Waals surface area contributed by atoms with Gasteiger partial charge in [-0.1, -0.05) is 6.92 Å². The minimum absolute atomic E-state index is 0.226. The predicted molar refractivity (Wildman–Crippen MR) is 61.4 cm³/mol. The quantitative estimate of drug-likeness (QED) is 0.721. The summed E-state index contributed by atoms with van der Waals surface area (Å²) in [4.78, 5) is 17.5. The Labute approximate surface area is 93.9 Å². The van der Waals surface area contributed by atoms with Crippen molar-refractivity contribution in [3.8, 4) is 0 Å². The molecule has 0 atom stereocenters. The lowest BCUT2D eigenvalue weighted by atomic mass is 10.4. The molecule has 0 amide bonds. The van der Waals surface area contributed by atoms with Crippen LogP contribution in [0.15, 0.2) is 5.38 Å². The zero-order valence-electron chi connectivity index (χ0n) is 9.32. The van der Waals surface area contributed by atoms with Crippen molar-refractivity contribution in [2.45, 2.75) is 20.3 Å². The van der Waals surface area contributed by atoms with Crippen molar-refractivity contribution in [3.05, 3.63) is 11.1 Å². The van der Waals surface area contributed by atoms with Gasteiger partial charge in [-0.05, 0) is 13.3 Å². The molecule has 0 saturated heterocycles. The number of aromatic nitrogens is 1. The number of rotatable bonds is 5. The van der Waals surface area contributed by atoms with Gasteiger partial charge in [-0.15, -0.1) is 11.3 Å². The molecule has 0 N–H and O–H groups in total. The molecule has 0 bridgehead atoms. The second kappa shape index (κ2) is 5.70. The first-order chi connectivity index (χ1) is 7.17. The van der Waals surface area contributed by atoms with E-state index in [1.807, 2.05) is 17.2 Å². The molecule has 1 aromatic rings. The van der Waals surface area contributed by atoms with Crippen LogP contribution in [0.3, 0.4) is 0 Å². The Kier molecular flexibility index (Phi) is 4.55. The lowest BCUT2D eigenvalue weighted by Crippen LogP contribution is -2.31. The number of carbonyl (C=O) groups excluding carboxylic acids is 1. The summed E-state index contributed by atoms with van der Waals surface area (Å²) in [6, 6.07) is 0. The molecular formula is C10H16N2O2S. The summed E-state index contributed by atoms with van der Waals surface area (Å²) < 4.78 is 4.65. The fourth-order valence-corrected chi connectivity index (χ4v) is 2.05. The number of ether oxygens (including phenoxy) is 1. The Balaban J connectivity index is 2.69. The maximum absolute atomic E-state index is 11.2. The number of hydrogen-bond acceptors (Lipinski definition) is 5. The van der Waals surface area contributed by atoms with Crippen LogP contribution < -0.4 is 4.90 Å². The Morgan fingerprint density at radius 2 is 2.40 bits per heavy atom. The standard InChI is InChI=1S/C10H16N2O2S/c1-4-5-12(6-9(13)14-3)10-11-8(2)7-15-10/h7H,4-6H2,1-3H3. The van der Waals surface area contributed by atoms with Gasteiger partial charge in [0.2, 0.25) is 0 Å². The molecule has 0 aromatic carbocycles. The van der Waals surface area contributed by atoms with E-state index in [9.17, 15) is 4.79 Å². The minimum Gasteiger partial charge on any atom is -0.468 e. The number of esters is 1. The monoisotopic (exact) mass is 228 g/mol. The molecule has 0 unspecified atom stereocenters. The van der Waals surface area contributed by atoms with Crippen molar-refractivity contribution in [2.24, 2.45) is 0 Å². The van der Waals surface area contributed by atoms with Gasteiger partial charge in [0.15, 0.2) is 5.13 Å². The largest absolute Gasteiger partial charge is 0.468 e. The average Bonchev–Trinajstić information content (AvgIpc) is 2.64. The molecule has 0 aliphatic rings. The van der Waals surface area contributed by atoms with Crippen LogP contribution in [0.1, 0.15) is 19.0 Å². The van der Waals surface area contributed by atoms with E-state index >= 15 is 0 Å². The zero-order valence-corrected chi connectivity index (χ0v) is 10.1. The van der Waals surface area contributed by atoms with E-state index < -0.39 is 0 Å². The molecule has 0 aliphatic heterocycles. The molecule has 1 aromatic heterocycles. The molecule has 0 aliphatic carbocycles. The van der Waals surface area contributed by atoms with Gasteiger partial charge in [-0.3, -0.25) is 4.79 Å². The van der Waals surface area contributed by atoms with Crippen LogP contribution in [0.5, 0.6) is 0 Å². The third-order valence-corrected chi connectivity index (χ3v) is 2.94. The molecule has 0 spiro atoms. The Morgan fingerprint density at radius 3 is 2.87 bits per heavy atom. The number of anilines is 1. The highest BCUT2D eigenvalue weighted by Crippen LogP contribution is 2.20. The number of thiazole rings is 1. The highest BCUT2D eigenvalue weighted by atomic mass is 32.1. The fraction of sp³-hybridized carbons (Fsp3) is 0.600. The van der Waals surface area contributed by atoms with E-state index in [-0.39, 0.29) is 12.5 Å². The summed E-state index contributed by atoms with van der Waals surface area (Å²) in [6.45, 7) is 5.12. The first kappa shape index (κ1) is 12.0. The van der Waals surface area contributed by atoms with Crippen LogP contribution in [-0.4, -0.2) is 31.2 Å². The molecule has 1 heterocycles. The molecular weight excluding hydrogens is 212 g/mol. The lowest BCUT2D eigenvalue weighted by Gasteiger charge is -2.19. The van der Waals surface area contributed by atoms with E-state index in [1.54, 1.807) is 11.3 Å². The Hall–Kier alpha value is -1.10. The summed E-state index contributed by atoms with van der Waals surface area (Å²) in [7, 11) is 1.40. The van der Waals surface area contributed by atoms with Gasteiger partial charge in [0, 0.05) is 11.9 Å². The third-order valence-electron chi connectivity index (χ3n) is 1.92. The first-order valence-corrected chi connectivity index (χ1v) is 5.79. The topological polar surface area (TPSA) is 42.4 Å². The molecule has 0 fully saturated rings. The maximum Gasteiger partial charge on any atom is 0.325 e. The molecule has 84 valence electrons. The second-order valence-electron chi connectivity index (χ2n) is 3.27. The normalized spacial score (nSPS) is 10.1. The molecule has 5 heteroatoms. The minimum atomic E-state index is -0.226. The van der Waals surface area contributed by atoms with Crippen molar-refractivity contribution < 1.29 is 9.53 Å². The van der Waals surface area contributed by atoms with Crippen molar-refractivity contribution in [1.82, 2.24) is 4.98 Å². The Bertz CT molecular complexity index is 325. The van der Waals surface area contributed by atoms with Gasteiger partial charge < -0.3 is 9.64 Å². The highest BCUT2D eigenvalue weighted by Gasteiger charge is 2.13. The summed E-state index contributed by atoms with van der Waals surface area (Å²) in [5.41, 5.74) is 0.987. The van der Waals surface area contributed by atoms with Crippen LogP contribution in [0.2, 0.25) is 0 Å². The fourth-order valence-electron chi connectivity index (χ4n) is 1.22. The molecule has 15 heavy (non-hydrogen) atoms. The summed E-state index contributed by atoms with van der Waals surface area (Å²) in [5, 5.41) is 2.87. The number of aryl methyl sites for hydroxylation is 1.